The van der Waals surface area contributed by atoms with Crippen LogP contribution in [0.1, 0.15) is 25.3 Å². The molecule has 1 aliphatic rings. The Morgan fingerprint density at radius 1 is 1.62 bits per heavy atom. The fourth-order valence-electron chi connectivity index (χ4n) is 1.18. The second kappa shape index (κ2) is 3.82. The maximum atomic E-state index is 5.78. The van der Waals surface area contributed by atoms with Gasteiger partial charge in [-0.2, -0.15) is 0 Å². The molecular formula is C10H12INO. The average Bonchev–Trinajstić information content (AvgIpc) is 2.89. The van der Waals surface area contributed by atoms with Crippen molar-refractivity contribution in [2.75, 3.05) is 0 Å². The number of hydrogen-bond donors (Lipinski definition) is 0. The summed E-state index contributed by atoms with van der Waals surface area (Å²) >= 11 is 2.21. The highest BCUT2D eigenvalue weighted by Crippen LogP contribution is 2.29. The average molecular weight is 289 g/mol. The minimum atomic E-state index is 0.475. The molecule has 3 heteroatoms. The number of halogens is 1. The molecule has 70 valence electrons. The molecule has 0 aliphatic heterocycles. The lowest BCUT2D eigenvalue weighted by molar-refractivity contribution is 0.299. The van der Waals surface area contributed by atoms with Crippen LogP contribution in [0.4, 0.5) is 0 Å². The van der Waals surface area contributed by atoms with E-state index in [2.05, 4.69) is 34.5 Å². The highest BCUT2D eigenvalue weighted by atomic mass is 127. The van der Waals surface area contributed by atoms with Gasteiger partial charge in [0.15, 0.2) is 0 Å². The molecular weight excluding hydrogens is 277 g/mol. The van der Waals surface area contributed by atoms with Gasteiger partial charge in [0.2, 0.25) is 0 Å². The van der Waals surface area contributed by atoms with E-state index in [0.29, 0.717) is 6.10 Å². The summed E-state index contributed by atoms with van der Waals surface area (Å²) in [5.74, 6) is 1.03. The fraction of sp³-hybridized carbons (Fsp3) is 0.500. The Balaban J connectivity index is 2.22. The van der Waals surface area contributed by atoms with Gasteiger partial charge in [0, 0.05) is 17.8 Å². The second-order valence-corrected chi connectivity index (χ2v) is 4.39. The van der Waals surface area contributed by atoms with Gasteiger partial charge in [0.1, 0.15) is 9.45 Å². The van der Waals surface area contributed by atoms with Crippen molar-refractivity contribution in [2.45, 2.75) is 32.3 Å². The van der Waals surface area contributed by atoms with E-state index in [1.165, 1.54) is 18.4 Å². The molecule has 1 aliphatic carbocycles. The van der Waals surface area contributed by atoms with Crippen LogP contribution in [0.2, 0.25) is 0 Å². The van der Waals surface area contributed by atoms with Crippen LogP contribution >= 0.6 is 22.6 Å². The summed E-state index contributed by atoms with van der Waals surface area (Å²) in [4.78, 5) is 4.24. The van der Waals surface area contributed by atoms with Crippen molar-refractivity contribution in [1.29, 1.82) is 0 Å². The van der Waals surface area contributed by atoms with Crippen LogP contribution in [-0.2, 0) is 6.42 Å². The highest BCUT2D eigenvalue weighted by Gasteiger charge is 2.24. The molecule has 2 rings (SSSR count). The van der Waals surface area contributed by atoms with E-state index in [9.17, 15) is 0 Å². The van der Waals surface area contributed by atoms with Crippen LogP contribution < -0.4 is 4.74 Å². The number of pyridine rings is 1. The summed E-state index contributed by atoms with van der Waals surface area (Å²) in [6.45, 7) is 2.13. The smallest absolute Gasteiger partial charge is 0.127 e. The standard InChI is InChI=1S/C10H12INO/c1-2-7-6-12-10(11)5-9(7)13-8-3-4-8/h5-6,8H,2-4H2,1H3. The third-order valence-corrected chi connectivity index (χ3v) is 2.70. The molecule has 0 spiro atoms. The Kier molecular flexibility index (Phi) is 2.71. The van der Waals surface area contributed by atoms with E-state index in [4.69, 9.17) is 4.74 Å². The predicted molar refractivity (Wildman–Crippen MR) is 60.0 cm³/mol. The first kappa shape index (κ1) is 9.24. The van der Waals surface area contributed by atoms with E-state index < -0.39 is 0 Å². The van der Waals surface area contributed by atoms with E-state index in [1.54, 1.807) is 0 Å². The molecule has 0 unspecified atom stereocenters. The van der Waals surface area contributed by atoms with Gasteiger partial charge in [-0.25, -0.2) is 4.98 Å². The Morgan fingerprint density at radius 3 is 3.00 bits per heavy atom. The topological polar surface area (TPSA) is 22.1 Å². The quantitative estimate of drug-likeness (QED) is 0.630. The SMILES string of the molecule is CCc1cnc(I)cc1OC1CC1. The minimum Gasteiger partial charge on any atom is -0.490 e. The van der Waals surface area contributed by atoms with Gasteiger partial charge in [-0.1, -0.05) is 6.92 Å². The maximum Gasteiger partial charge on any atom is 0.127 e. The van der Waals surface area contributed by atoms with E-state index in [1.807, 2.05) is 12.3 Å². The van der Waals surface area contributed by atoms with Gasteiger partial charge in [-0.3, -0.25) is 0 Å². The lowest BCUT2D eigenvalue weighted by Crippen LogP contribution is -2.00. The summed E-state index contributed by atoms with van der Waals surface area (Å²) in [5.41, 5.74) is 1.22. The van der Waals surface area contributed by atoms with Crippen molar-refractivity contribution in [3.8, 4) is 5.75 Å². The van der Waals surface area contributed by atoms with E-state index >= 15 is 0 Å². The molecule has 0 saturated heterocycles. The van der Waals surface area contributed by atoms with Gasteiger partial charge >= 0.3 is 0 Å². The van der Waals surface area contributed by atoms with Crippen molar-refractivity contribution in [1.82, 2.24) is 4.98 Å². The van der Waals surface area contributed by atoms with Crippen LogP contribution in [0.5, 0.6) is 5.75 Å². The molecule has 1 fully saturated rings. The van der Waals surface area contributed by atoms with Crippen LogP contribution in [0.3, 0.4) is 0 Å². The number of nitrogens with zero attached hydrogens (tertiary/aromatic N) is 1. The monoisotopic (exact) mass is 289 g/mol. The van der Waals surface area contributed by atoms with E-state index in [-0.39, 0.29) is 0 Å². The maximum absolute atomic E-state index is 5.78. The zero-order valence-corrected chi connectivity index (χ0v) is 9.74. The van der Waals surface area contributed by atoms with Crippen LogP contribution in [0.25, 0.3) is 0 Å². The Bertz CT molecular complexity index is 310. The van der Waals surface area contributed by atoms with Crippen LogP contribution in [0, 0.1) is 3.70 Å². The first-order valence-electron chi connectivity index (χ1n) is 4.60. The molecule has 1 saturated carbocycles. The lowest BCUT2D eigenvalue weighted by atomic mass is 10.2. The van der Waals surface area contributed by atoms with Gasteiger partial charge < -0.3 is 4.74 Å². The lowest BCUT2D eigenvalue weighted by Gasteiger charge is -2.08. The van der Waals surface area contributed by atoms with Crippen LogP contribution in [0.15, 0.2) is 12.3 Å². The Morgan fingerprint density at radius 2 is 2.38 bits per heavy atom. The Labute approximate surface area is 91.8 Å². The molecule has 0 radical (unpaired) electrons. The molecule has 0 bridgehead atoms. The molecule has 0 N–H and O–H groups in total. The highest BCUT2D eigenvalue weighted by molar-refractivity contribution is 14.1. The number of ether oxygens (including phenoxy) is 1. The summed E-state index contributed by atoms with van der Waals surface area (Å²) < 4.78 is 6.79. The molecule has 2 nitrogen and oxygen atoms in total. The molecule has 0 amide bonds. The van der Waals surface area contributed by atoms with Gasteiger partial charge in [-0.15, -0.1) is 0 Å². The molecule has 1 heterocycles. The first-order valence-corrected chi connectivity index (χ1v) is 5.68. The third-order valence-electron chi connectivity index (χ3n) is 2.11. The third kappa shape index (κ3) is 2.33. The molecule has 13 heavy (non-hydrogen) atoms. The normalized spacial score (nSPS) is 15.8. The van der Waals surface area contributed by atoms with Crippen LogP contribution in [-0.4, -0.2) is 11.1 Å². The number of hydrogen-bond acceptors (Lipinski definition) is 2. The second-order valence-electron chi connectivity index (χ2n) is 3.29. The predicted octanol–water partition coefficient (Wildman–Crippen LogP) is 2.79. The van der Waals surface area contributed by atoms with Crippen molar-refractivity contribution < 1.29 is 4.74 Å². The first-order chi connectivity index (χ1) is 6.29. The summed E-state index contributed by atoms with van der Waals surface area (Å²) in [6.07, 6.45) is 5.80. The van der Waals surface area contributed by atoms with Crippen molar-refractivity contribution in [2.24, 2.45) is 0 Å². The van der Waals surface area contributed by atoms with Gasteiger partial charge in [-0.05, 0) is 41.9 Å². The van der Waals surface area contributed by atoms with Gasteiger partial charge in [0.25, 0.3) is 0 Å². The molecule has 0 atom stereocenters. The number of aromatic nitrogens is 1. The minimum absolute atomic E-state index is 0.475. The van der Waals surface area contributed by atoms with Gasteiger partial charge in [0.05, 0.1) is 6.10 Å². The van der Waals surface area contributed by atoms with Crippen molar-refractivity contribution in [3.63, 3.8) is 0 Å². The number of aryl methyl sites for hydroxylation is 1. The largest absolute Gasteiger partial charge is 0.490 e. The van der Waals surface area contributed by atoms with E-state index in [0.717, 1.165) is 15.9 Å². The summed E-state index contributed by atoms with van der Waals surface area (Å²) in [5, 5.41) is 0. The summed E-state index contributed by atoms with van der Waals surface area (Å²) in [7, 11) is 0. The molecule has 0 aromatic carbocycles. The molecule has 1 aromatic rings. The Hall–Kier alpha value is -0.320. The zero-order valence-electron chi connectivity index (χ0n) is 7.59. The van der Waals surface area contributed by atoms with Crippen molar-refractivity contribution >= 4 is 22.6 Å². The fourth-order valence-corrected chi connectivity index (χ4v) is 1.60. The van der Waals surface area contributed by atoms with Crippen molar-refractivity contribution in [3.05, 3.63) is 21.5 Å². The zero-order chi connectivity index (χ0) is 9.26. The molecule has 1 aromatic heterocycles. The number of rotatable bonds is 3. The summed E-state index contributed by atoms with van der Waals surface area (Å²) in [6, 6.07) is 2.03.